The van der Waals surface area contributed by atoms with Crippen molar-refractivity contribution in [1.29, 1.82) is 0 Å². The molecule has 8 heteroatoms. The number of piperidine rings is 1. The van der Waals surface area contributed by atoms with Gasteiger partial charge in [-0.2, -0.15) is 0 Å². The van der Waals surface area contributed by atoms with E-state index in [0.29, 0.717) is 29.9 Å². The second-order valence-corrected chi connectivity index (χ2v) is 9.05. The van der Waals surface area contributed by atoms with E-state index in [1.54, 1.807) is 0 Å². The minimum Gasteiger partial charge on any atom is -0.477 e. The zero-order chi connectivity index (χ0) is 20.4. The maximum Gasteiger partial charge on any atom is 0.341 e. The van der Waals surface area contributed by atoms with Gasteiger partial charge in [0.15, 0.2) is 0 Å². The summed E-state index contributed by atoms with van der Waals surface area (Å²) in [6.45, 7) is 7.27. The van der Waals surface area contributed by atoms with Crippen LogP contribution in [0.5, 0.6) is 0 Å². The van der Waals surface area contributed by atoms with Crippen molar-refractivity contribution in [3.8, 4) is 0 Å². The van der Waals surface area contributed by atoms with Gasteiger partial charge in [-0.05, 0) is 43.2 Å². The van der Waals surface area contributed by atoms with Crippen LogP contribution in [0.25, 0.3) is 10.9 Å². The van der Waals surface area contributed by atoms with Crippen LogP contribution in [-0.4, -0.2) is 34.8 Å². The lowest BCUT2D eigenvalue weighted by atomic mass is 9.81. The van der Waals surface area contributed by atoms with Gasteiger partial charge in [0.2, 0.25) is 5.43 Å². The molecule has 29 heavy (non-hydrogen) atoms. The molecule has 0 amide bonds. The number of aromatic nitrogens is 1. The summed E-state index contributed by atoms with van der Waals surface area (Å²) < 4.78 is 17.1. The van der Waals surface area contributed by atoms with Crippen LogP contribution in [0.4, 0.5) is 10.1 Å². The lowest BCUT2D eigenvalue weighted by Crippen LogP contribution is -2.51. The summed E-state index contributed by atoms with van der Waals surface area (Å²) in [6, 6.07) is 1.30. The summed E-state index contributed by atoms with van der Waals surface area (Å²) in [4.78, 5) is 26.2. The predicted molar refractivity (Wildman–Crippen MR) is 114 cm³/mol. The second kappa shape index (κ2) is 7.29. The van der Waals surface area contributed by atoms with E-state index in [4.69, 9.17) is 5.73 Å². The Morgan fingerprint density at radius 3 is 2.55 bits per heavy atom. The largest absolute Gasteiger partial charge is 0.477 e. The van der Waals surface area contributed by atoms with E-state index in [9.17, 15) is 14.7 Å². The number of hydrogen-bond donors (Lipinski definition) is 2. The third-order valence-electron chi connectivity index (χ3n) is 5.85. The maximum absolute atomic E-state index is 15.2. The summed E-state index contributed by atoms with van der Waals surface area (Å²) in [7, 11) is 0. The van der Waals surface area contributed by atoms with Gasteiger partial charge in [0.1, 0.15) is 11.4 Å². The zero-order valence-corrected chi connectivity index (χ0v) is 17.7. The van der Waals surface area contributed by atoms with Crippen molar-refractivity contribution in [3.63, 3.8) is 0 Å². The minimum absolute atomic E-state index is 0. The Labute approximate surface area is 174 Å². The summed E-state index contributed by atoms with van der Waals surface area (Å²) in [5, 5.41) is 9.54. The standard InChI is InChI=1S/C21H26FN3O3.ClH/c1-11-17-14(19(26)15(20(27)28)9-25(17)13-4-5-13)6-16(22)18(11)24-8-12(23)7-21(2,3)10-24;/h6,9,12-13H,4-5,7-8,10,23H2,1-3H3,(H,27,28);1H/t12-;/m0./s1. The molecule has 2 aliphatic rings. The highest BCUT2D eigenvalue weighted by molar-refractivity contribution is 5.95. The number of carbonyl (C=O) groups is 1. The summed E-state index contributed by atoms with van der Waals surface area (Å²) in [6.07, 6.45) is 4.13. The third-order valence-corrected chi connectivity index (χ3v) is 5.85. The van der Waals surface area contributed by atoms with E-state index >= 15 is 4.39 Å². The van der Waals surface area contributed by atoms with Crippen LogP contribution in [-0.2, 0) is 0 Å². The summed E-state index contributed by atoms with van der Waals surface area (Å²) >= 11 is 0. The van der Waals surface area contributed by atoms with Gasteiger partial charge >= 0.3 is 5.97 Å². The van der Waals surface area contributed by atoms with Crippen molar-refractivity contribution in [1.82, 2.24) is 4.57 Å². The Kier molecular flexibility index (Phi) is 5.43. The number of aromatic carboxylic acids is 1. The van der Waals surface area contributed by atoms with Crippen LogP contribution in [0.2, 0.25) is 0 Å². The molecular formula is C21H27ClFN3O3. The highest BCUT2D eigenvalue weighted by atomic mass is 35.5. The average Bonchev–Trinajstić information content (AvgIpc) is 3.38. The number of carboxylic acids is 1. The van der Waals surface area contributed by atoms with Gasteiger partial charge in [0.05, 0.1) is 11.2 Å². The molecule has 0 bridgehead atoms. The minimum atomic E-state index is -1.29. The Bertz CT molecular complexity index is 1050. The van der Waals surface area contributed by atoms with Crippen LogP contribution in [0.15, 0.2) is 17.1 Å². The molecule has 3 N–H and O–H groups in total. The van der Waals surface area contributed by atoms with Crippen molar-refractivity contribution in [2.45, 2.75) is 52.1 Å². The Morgan fingerprint density at radius 2 is 2.00 bits per heavy atom. The molecule has 0 radical (unpaired) electrons. The maximum atomic E-state index is 15.2. The number of nitrogens with zero attached hydrogens (tertiary/aromatic N) is 2. The number of benzene rings is 1. The van der Waals surface area contributed by atoms with Gasteiger partial charge in [-0.1, -0.05) is 13.8 Å². The molecule has 1 saturated heterocycles. The van der Waals surface area contributed by atoms with Crippen LogP contribution in [0.3, 0.4) is 0 Å². The lowest BCUT2D eigenvalue weighted by Gasteiger charge is -2.43. The van der Waals surface area contributed by atoms with Gasteiger partial charge < -0.3 is 20.3 Å². The van der Waals surface area contributed by atoms with Gasteiger partial charge in [0, 0.05) is 36.8 Å². The lowest BCUT2D eigenvalue weighted by molar-refractivity contribution is 0.0695. The van der Waals surface area contributed by atoms with E-state index in [1.807, 2.05) is 16.4 Å². The summed E-state index contributed by atoms with van der Waals surface area (Å²) in [5.41, 5.74) is 7.00. The molecular weight excluding hydrogens is 397 g/mol. The fourth-order valence-corrected chi connectivity index (χ4v) is 4.72. The number of anilines is 1. The second-order valence-electron chi connectivity index (χ2n) is 9.05. The number of aryl methyl sites for hydroxylation is 1. The fourth-order valence-electron chi connectivity index (χ4n) is 4.72. The van der Waals surface area contributed by atoms with Crippen molar-refractivity contribution in [2.24, 2.45) is 11.1 Å². The van der Waals surface area contributed by atoms with Crippen molar-refractivity contribution in [2.75, 3.05) is 18.0 Å². The molecule has 1 aromatic heterocycles. The highest BCUT2D eigenvalue weighted by Crippen LogP contribution is 2.41. The van der Waals surface area contributed by atoms with Crippen LogP contribution in [0.1, 0.15) is 55.1 Å². The molecule has 4 rings (SSSR count). The molecule has 2 heterocycles. The van der Waals surface area contributed by atoms with Gasteiger partial charge in [-0.15, -0.1) is 12.4 Å². The monoisotopic (exact) mass is 423 g/mol. The zero-order valence-electron chi connectivity index (χ0n) is 16.9. The van der Waals surface area contributed by atoms with E-state index in [0.717, 1.165) is 19.3 Å². The predicted octanol–water partition coefficient (Wildman–Crippen LogP) is 3.47. The number of fused-ring (bicyclic) bond motifs is 1. The highest BCUT2D eigenvalue weighted by Gasteiger charge is 2.34. The molecule has 1 aliphatic heterocycles. The SMILES string of the molecule is Cc1c(N2C[C@@H](N)CC(C)(C)C2)c(F)cc2c(=O)c(C(=O)O)cn(C3CC3)c12.Cl. The average molecular weight is 424 g/mol. The molecule has 1 aromatic carbocycles. The Morgan fingerprint density at radius 1 is 1.34 bits per heavy atom. The molecule has 1 atom stereocenters. The number of rotatable bonds is 3. The first-order chi connectivity index (χ1) is 13.1. The Hall–Kier alpha value is -2.12. The quantitative estimate of drug-likeness (QED) is 0.789. The molecule has 1 saturated carbocycles. The fraction of sp³-hybridized carbons (Fsp3) is 0.524. The van der Waals surface area contributed by atoms with Crippen LogP contribution in [0, 0.1) is 18.2 Å². The van der Waals surface area contributed by atoms with Gasteiger partial charge in [0.25, 0.3) is 0 Å². The van der Waals surface area contributed by atoms with E-state index in [-0.39, 0.29) is 40.9 Å². The van der Waals surface area contributed by atoms with Gasteiger partial charge in [-0.3, -0.25) is 4.79 Å². The molecule has 1 aliphatic carbocycles. The molecule has 6 nitrogen and oxygen atoms in total. The molecule has 158 valence electrons. The van der Waals surface area contributed by atoms with E-state index in [1.165, 1.54) is 12.3 Å². The molecule has 0 unspecified atom stereocenters. The summed E-state index contributed by atoms with van der Waals surface area (Å²) in [5.74, 6) is -1.79. The number of halogens is 2. The number of nitrogens with two attached hydrogens (primary N) is 1. The van der Waals surface area contributed by atoms with Crippen molar-refractivity contribution >= 4 is 35.0 Å². The topological polar surface area (TPSA) is 88.6 Å². The third kappa shape index (κ3) is 3.73. The normalized spacial score (nSPS) is 21.1. The Balaban J connectivity index is 0.00000240. The molecule has 2 aromatic rings. The van der Waals surface area contributed by atoms with Crippen molar-refractivity contribution in [3.05, 3.63) is 39.4 Å². The first kappa shape index (κ1) is 21.6. The van der Waals surface area contributed by atoms with E-state index < -0.39 is 17.2 Å². The van der Waals surface area contributed by atoms with E-state index in [2.05, 4.69) is 13.8 Å². The smallest absolute Gasteiger partial charge is 0.341 e. The van der Waals surface area contributed by atoms with Crippen molar-refractivity contribution < 1.29 is 14.3 Å². The number of carboxylic acid groups (broad SMARTS) is 1. The molecule has 0 spiro atoms. The van der Waals surface area contributed by atoms with Crippen LogP contribution >= 0.6 is 12.4 Å². The first-order valence-corrected chi connectivity index (χ1v) is 9.71. The van der Waals surface area contributed by atoms with Crippen LogP contribution < -0.4 is 16.1 Å². The number of hydrogen-bond acceptors (Lipinski definition) is 4. The first-order valence-electron chi connectivity index (χ1n) is 9.71. The number of pyridine rings is 1. The van der Waals surface area contributed by atoms with Gasteiger partial charge in [-0.25, -0.2) is 9.18 Å². The molecule has 2 fully saturated rings.